The summed E-state index contributed by atoms with van der Waals surface area (Å²) < 4.78 is 0. The molecule has 0 aliphatic heterocycles. The van der Waals surface area contributed by atoms with Gasteiger partial charge in [-0.15, -0.1) is 5.11 Å². The van der Waals surface area contributed by atoms with Crippen LogP contribution in [0.15, 0.2) is 34.5 Å². The van der Waals surface area contributed by atoms with E-state index in [1.165, 1.54) is 0 Å². The molecular formula is C8H8N2O2. The zero-order chi connectivity index (χ0) is 8.97. The molecule has 0 spiro atoms. The number of rotatable bonds is 1. The van der Waals surface area contributed by atoms with Crippen molar-refractivity contribution in [3.63, 3.8) is 0 Å². The molecular weight excluding hydrogens is 156 g/mol. The molecule has 0 unspecified atom stereocenters. The second kappa shape index (κ2) is 3.61. The third kappa shape index (κ3) is 2.16. The van der Waals surface area contributed by atoms with E-state index in [0.717, 1.165) is 5.56 Å². The Labute approximate surface area is 69.6 Å². The molecule has 0 radical (unpaired) electrons. The van der Waals surface area contributed by atoms with Crippen molar-refractivity contribution in [2.45, 2.75) is 6.92 Å². The maximum absolute atomic E-state index is 10.0. The largest absolute Gasteiger partial charge is 0.462 e. The van der Waals surface area contributed by atoms with Crippen LogP contribution < -0.4 is 0 Å². The predicted octanol–water partition coefficient (Wildman–Crippen LogP) is 2.76. The minimum atomic E-state index is -1.28. The number of benzene rings is 1. The molecule has 4 heteroatoms. The Kier molecular flexibility index (Phi) is 2.53. The second-order valence-corrected chi connectivity index (χ2v) is 2.27. The van der Waals surface area contributed by atoms with Gasteiger partial charge in [-0.3, -0.25) is 0 Å². The minimum absolute atomic E-state index is 0.583. The molecule has 0 saturated carbocycles. The van der Waals surface area contributed by atoms with Gasteiger partial charge < -0.3 is 5.11 Å². The number of amides is 1. The molecule has 0 aromatic heterocycles. The van der Waals surface area contributed by atoms with Crippen LogP contribution in [-0.4, -0.2) is 11.2 Å². The van der Waals surface area contributed by atoms with Crippen LogP contribution in [0.2, 0.25) is 0 Å². The Morgan fingerprint density at radius 2 is 2.08 bits per heavy atom. The standard InChI is InChI=1S/C8H8N2O2/c1-6-4-2-3-5-7(6)9-10-8(11)12/h2-5H,1H3,(H,11,12). The lowest BCUT2D eigenvalue weighted by Crippen LogP contribution is -1.81. The van der Waals surface area contributed by atoms with Gasteiger partial charge >= 0.3 is 6.09 Å². The summed E-state index contributed by atoms with van der Waals surface area (Å²) in [4.78, 5) is 10.0. The predicted molar refractivity (Wildman–Crippen MR) is 43.7 cm³/mol. The SMILES string of the molecule is Cc1ccccc1N=NC(=O)O. The highest BCUT2D eigenvalue weighted by Gasteiger charge is 1.94. The second-order valence-electron chi connectivity index (χ2n) is 2.27. The molecule has 0 aliphatic carbocycles. The first-order chi connectivity index (χ1) is 5.70. The first-order valence-electron chi connectivity index (χ1n) is 3.40. The van der Waals surface area contributed by atoms with Crippen LogP contribution in [0.3, 0.4) is 0 Å². The topological polar surface area (TPSA) is 62.0 Å². The number of hydrogen-bond acceptors (Lipinski definition) is 2. The van der Waals surface area contributed by atoms with Crippen molar-refractivity contribution >= 4 is 11.8 Å². The van der Waals surface area contributed by atoms with Crippen LogP contribution in [0.5, 0.6) is 0 Å². The Balaban J connectivity index is 2.89. The van der Waals surface area contributed by atoms with Gasteiger partial charge in [-0.1, -0.05) is 23.3 Å². The third-order valence-electron chi connectivity index (χ3n) is 1.36. The fourth-order valence-electron chi connectivity index (χ4n) is 0.772. The lowest BCUT2D eigenvalue weighted by atomic mass is 10.2. The summed E-state index contributed by atoms with van der Waals surface area (Å²) in [6, 6.07) is 7.19. The zero-order valence-corrected chi connectivity index (χ0v) is 6.56. The Morgan fingerprint density at radius 1 is 1.42 bits per heavy atom. The molecule has 12 heavy (non-hydrogen) atoms. The molecule has 4 nitrogen and oxygen atoms in total. The quantitative estimate of drug-likeness (QED) is 0.648. The number of nitrogens with zero attached hydrogens (tertiary/aromatic N) is 2. The highest BCUT2D eigenvalue weighted by molar-refractivity contribution is 5.65. The van der Waals surface area contributed by atoms with Crippen molar-refractivity contribution < 1.29 is 9.90 Å². The lowest BCUT2D eigenvalue weighted by molar-refractivity contribution is 0.204. The van der Waals surface area contributed by atoms with E-state index in [9.17, 15) is 4.79 Å². The first kappa shape index (κ1) is 8.39. The first-order valence-corrected chi connectivity index (χ1v) is 3.40. The van der Waals surface area contributed by atoms with Crippen molar-refractivity contribution in [1.82, 2.24) is 0 Å². The summed E-state index contributed by atoms with van der Waals surface area (Å²) in [6.07, 6.45) is -1.28. The molecule has 1 aromatic carbocycles. The van der Waals surface area contributed by atoms with Gasteiger partial charge in [0.25, 0.3) is 0 Å². The van der Waals surface area contributed by atoms with Gasteiger partial charge in [-0.2, -0.15) is 0 Å². The number of azo groups is 1. The summed E-state index contributed by atoms with van der Waals surface area (Å²) in [6.45, 7) is 1.84. The summed E-state index contributed by atoms with van der Waals surface area (Å²) in [5.41, 5.74) is 1.49. The fraction of sp³-hybridized carbons (Fsp3) is 0.125. The molecule has 0 heterocycles. The van der Waals surface area contributed by atoms with E-state index in [0.29, 0.717) is 5.69 Å². The Hall–Kier alpha value is -1.71. The summed E-state index contributed by atoms with van der Waals surface area (Å²) in [7, 11) is 0. The highest BCUT2D eigenvalue weighted by Crippen LogP contribution is 2.16. The maximum atomic E-state index is 10.0. The monoisotopic (exact) mass is 164 g/mol. The normalized spacial score (nSPS) is 10.4. The molecule has 1 aromatic rings. The number of carboxylic acid groups (broad SMARTS) is 1. The van der Waals surface area contributed by atoms with E-state index in [1.54, 1.807) is 12.1 Å². The molecule has 1 amide bonds. The lowest BCUT2D eigenvalue weighted by Gasteiger charge is -1.94. The van der Waals surface area contributed by atoms with E-state index >= 15 is 0 Å². The van der Waals surface area contributed by atoms with Crippen LogP contribution in [-0.2, 0) is 0 Å². The molecule has 0 saturated heterocycles. The molecule has 0 fully saturated rings. The summed E-state index contributed by atoms with van der Waals surface area (Å²) in [5, 5.41) is 14.7. The average Bonchev–Trinajstić information content (AvgIpc) is 2.03. The third-order valence-corrected chi connectivity index (χ3v) is 1.36. The van der Waals surface area contributed by atoms with Crippen molar-refractivity contribution in [3.05, 3.63) is 29.8 Å². The molecule has 1 rings (SSSR count). The van der Waals surface area contributed by atoms with Crippen molar-refractivity contribution in [3.8, 4) is 0 Å². The van der Waals surface area contributed by atoms with E-state index in [2.05, 4.69) is 10.2 Å². The van der Waals surface area contributed by atoms with Gasteiger partial charge in [-0.05, 0) is 18.6 Å². The van der Waals surface area contributed by atoms with Crippen LogP contribution >= 0.6 is 0 Å². The van der Waals surface area contributed by atoms with Gasteiger partial charge in [0.05, 0.1) is 5.69 Å². The van der Waals surface area contributed by atoms with Crippen molar-refractivity contribution in [2.75, 3.05) is 0 Å². The fourth-order valence-corrected chi connectivity index (χ4v) is 0.772. The molecule has 1 N–H and O–H groups in total. The average molecular weight is 164 g/mol. The number of aryl methyl sites for hydroxylation is 1. The number of hydrogen-bond donors (Lipinski definition) is 1. The van der Waals surface area contributed by atoms with Gasteiger partial charge in [0.2, 0.25) is 0 Å². The summed E-state index contributed by atoms with van der Waals surface area (Å²) in [5.74, 6) is 0. The van der Waals surface area contributed by atoms with Gasteiger partial charge in [0.1, 0.15) is 0 Å². The van der Waals surface area contributed by atoms with Crippen LogP contribution in [0.25, 0.3) is 0 Å². The molecule has 0 bridgehead atoms. The van der Waals surface area contributed by atoms with Crippen molar-refractivity contribution in [2.24, 2.45) is 10.2 Å². The zero-order valence-electron chi connectivity index (χ0n) is 6.56. The summed E-state index contributed by atoms with van der Waals surface area (Å²) >= 11 is 0. The van der Waals surface area contributed by atoms with Crippen LogP contribution in [0.4, 0.5) is 10.5 Å². The van der Waals surface area contributed by atoms with E-state index in [1.807, 2.05) is 19.1 Å². The number of carbonyl (C=O) groups is 1. The Bertz CT molecular complexity index is 321. The molecule has 62 valence electrons. The molecule has 0 atom stereocenters. The highest BCUT2D eigenvalue weighted by atomic mass is 16.4. The smallest absolute Gasteiger partial charge is 0.449 e. The van der Waals surface area contributed by atoms with Gasteiger partial charge in [0, 0.05) is 0 Å². The van der Waals surface area contributed by atoms with Gasteiger partial charge in [-0.25, -0.2) is 4.79 Å². The maximum Gasteiger partial charge on any atom is 0.449 e. The Morgan fingerprint density at radius 3 is 2.67 bits per heavy atom. The van der Waals surface area contributed by atoms with Gasteiger partial charge in [0.15, 0.2) is 0 Å². The van der Waals surface area contributed by atoms with E-state index in [4.69, 9.17) is 5.11 Å². The van der Waals surface area contributed by atoms with Crippen LogP contribution in [0.1, 0.15) is 5.56 Å². The minimum Gasteiger partial charge on any atom is -0.462 e. The van der Waals surface area contributed by atoms with Crippen LogP contribution in [0, 0.1) is 6.92 Å². The van der Waals surface area contributed by atoms with E-state index < -0.39 is 6.09 Å². The molecule has 0 aliphatic rings. The van der Waals surface area contributed by atoms with Crippen molar-refractivity contribution in [1.29, 1.82) is 0 Å². The van der Waals surface area contributed by atoms with E-state index in [-0.39, 0.29) is 0 Å².